The second-order valence-electron chi connectivity index (χ2n) is 6.95. The number of aromatic nitrogens is 1. The van der Waals surface area contributed by atoms with Crippen molar-refractivity contribution in [2.45, 2.75) is 6.92 Å². The minimum atomic E-state index is -0.570. The fourth-order valence-electron chi connectivity index (χ4n) is 3.17. The molecule has 2 heterocycles. The number of pyridine rings is 1. The highest BCUT2D eigenvalue weighted by Gasteiger charge is 2.33. The summed E-state index contributed by atoms with van der Waals surface area (Å²) in [6.07, 6.45) is 3.12. The highest BCUT2D eigenvalue weighted by molar-refractivity contribution is 8.27. The average Bonchev–Trinajstić information content (AvgIpc) is 3.07. The van der Waals surface area contributed by atoms with Crippen LogP contribution in [0.1, 0.15) is 11.1 Å². The van der Waals surface area contributed by atoms with Gasteiger partial charge in [0.05, 0.1) is 22.6 Å². The van der Waals surface area contributed by atoms with E-state index < -0.39 is 4.92 Å². The Morgan fingerprint density at radius 1 is 1.15 bits per heavy atom. The lowest BCUT2D eigenvalue weighted by molar-refractivity contribution is -0.386. The van der Waals surface area contributed by atoms with Crippen molar-refractivity contribution in [2.24, 2.45) is 0 Å². The number of anilines is 1. The molecule has 166 valence electrons. The number of nitrogens with zero attached hydrogens (tertiary/aromatic N) is 3. The van der Waals surface area contributed by atoms with Crippen molar-refractivity contribution < 1.29 is 19.2 Å². The zero-order chi connectivity index (χ0) is 23.5. The molecule has 0 bridgehead atoms. The van der Waals surface area contributed by atoms with E-state index in [4.69, 9.17) is 21.7 Å². The van der Waals surface area contributed by atoms with Gasteiger partial charge in [-0.3, -0.25) is 19.8 Å². The van der Waals surface area contributed by atoms with Crippen LogP contribution in [-0.2, 0) is 4.79 Å². The summed E-state index contributed by atoms with van der Waals surface area (Å²) in [5.41, 5.74) is 2.17. The van der Waals surface area contributed by atoms with Crippen molar-refractivity contribution in [1.82, 2.24) is 4.98 Å². The maximum Gasteiger partial charge on any atom is 0.331 e. The summed E-state index contributed by atoms with van der Waals surface area (Å²) >= 11 is 6.65. The fourth-order valence-corrected chi connectivity index (χ4v) is 4.47. The maximum atomic E-state index is 13.0. The predicted molar refractivity (Wildman–Crippen MR) is 131 cm³/mol. The highest BCUT2D eigenvalue weighted by Crippen LogP contribution is 2.39. The largest absolute Gasteiger partial charge is 0.493 e. The zero-order valence-corrected chi connectivity index (χ0v) is 19.2. The van der Waals surface area contributed by atoms with Crippen LogP contribution in [0.5, 0.6) is 17.4 Å². The summed E-state index contributed by atoms with van der Waals surface area (Å²) in [5, 5.41) is 11.2. The molecule has 1 saturated heterocycles. The van der Waals surface area contributed by atoms with Crippen LogP contribution in [0.25, 0.3) is 6.08 Å². The van der Waals surface area contributed by atoms with Gasteiger partial charge in [-0.1, -0.05) is 42.2 Å². The number of aryl methyl sites for hydroxylation is 1. The number of methoxy groups -OCH3 is 1. The molecular formula is C23H17N3O5S2. The average molecular weight is 480 g/mol. The van der Waals surface area contributed by atoms with Crippen LogP contribution in [0.4, 0.5) is 11.4 Å². The molecule has 33 heavy (non-hydrogen) atoms. The van der Waals surface area contributed by atoms with Gasteiger partial charge in [-0.15, -0.1) is 0 Å². The number of nitro groups is 1. The van der Waals surface area contributed by atoms with Gasteiger partial charge in [0.15, 0.2) is 15.8 Å². The van der Waals surface area contributed by atoms with Crippen LogP contribution in [0.3, 0.4) is 0 Å². The van der Waals surface area contributed by atoms with Gasteiger partial charge in [-0.05, 0) is 54.5 Å². The molecule has 1 aromatic heterocycles. The first-order chi connectivity index (χ1) is 15.9. The van der Waals surface area contributed by atoms with Gasteiger partial charge in [-0.25, -0.2) is 4.98 Å². The molecule has 0 spiro atoms. The highest BCUT2D eigenvalue weighted by atomic mass is 32.2. The first-order valence-corrected chi connectivity index (χ1v) is 10.9. The zero-order valence-electron chi connectivity index (χ0n) is 17.6. The van der Waals surface area contributed by atoms with E-state index in [0.29, 0.717) is 20.5 Å². The van der Waals surface area contributed by atoms with E-state index in [1.807, 2.05) is 31.2 Å². The van der Waals surface area contributed by atoms with Gasteiger partial charge in [-0.2, -0.15) is 0 Å². The molecule has 4 rings (SSSR count). The number of benzene rings is 2. The molecule has 10 heteroatoms. The molecule has 1 aliphatic rings. The topological polar surface area (TPSA) is 94.8 Å². The van der Waals surface area contributed by atoms with Crippen molar-refractivity contribution in [2.75, 3.05) is 12.0 Å². The number of rotatable bonds is 6. The summed E-state index contributed by atoms with van der Waals surface area (Å²) in [6, 6.07) is 15.3. The SMILES string of the molecule is COc1cc(/C=C2/SC(=S)N(c3cccc(C)c3)C2=O)ccc1Oc1ncccc1[N+](=O)[O-]. The molecular weight excluding hydrogens is 462 g/mol. The molecule has 0 atom stereocenters. The van der Waals surface area contributed by atoms with Crippen molar-refractivity contribution in [1.29, 1.82) is 0 Å². The summed E-state index contributed by atoms with van der Waals surface area (Å²) in [7, 11) is 1.45. The molecule has 1 amide bonds. The van der Waals surface area contributed by atoms with Gasteiger partial charge < -0.3 is 9.47 Å². The molecule has 3 aromatic rings. The second-order valence-corrected chi connectivity index (χ2v) is 8.63. The third-order valence-corrected chi connectivity index (χ3v) is 6.00. The van der Waals surface area contributed by atoms with Crippen LogP contribution in [-0.4, -0.2) is 27.2 Å². The molecule has 2 aromatic carbocycles. The van der Waals surface area contributed by atoms with Crippen molar-refractivity contribution in [3.8, 4) is 17.4 Å². The lowest BCUT2D eigenvalue weighted by atomic mass is 10.1. The lowest BCUT2D eigenvalue weighted by Gasteiger charge is -2.14. The number of thioether (sulfide) groups is 1. The van der Waals surface area contributed by atoms with Crippen molar-refractivity contribution in [3.63, 3.8) is 0 Å². The van der Waals surface area contributed by atoms with Crippen molar-refractivity contribution in [3.05, 3.63) is 86.9 Å². The quantitative estimate of drug-likeness (QED) is 0.198. The number of amides is 1. The van der Waals surface area contributed by atoms with Gasteiger partial charge in [0.2, 0.25) is 0 Å². The standard InChI is InChI=1S/C23H17N3O5S2/c1-14-5-3-6-16(11-14)25-22(27)20(33-23(25)32)13-15-8-9-18(19(12-15)30-2)31-21-17(26(28)29)7-4-10-24-21/h3-13H,1-2H3/b20-13+. The first kappa shape index (κ1) is 22.4. The predicted octanol–water partition coefficient (Wildman–Crippen LogP) is 5.50. The van der Waals surface area contributed by atoms with E-state index in [-0.39, 0.29) is 23.2 Å². The number of hydrogen-bond acceptors (Lipinski definition) is 8. The van der Waals surface area contributed by atoms with E-state index in [0.717, 1.165) is 11.3 Å². The Balaban J connectivity index is 1.61. The van der Waals surface area contributed by atoms with E-state index in [2.05, 4.69) is 4.98 Å². The van der Waals surface area contributed by atoms with Gasteiger partial charge in [0.1, 0.15) is 0 Å². The fraction of sp³-hybridized carbons (Fsp3) is 0.0870. The Bertz CT molecular complexity index is 1310. The van der Waals surface area contributed by atoms with E-state index >= 15 is 0 Å². The molecule has 0 radical (unpaired) electrons. The minimum absolute atomic E-state index is 0.146. The van der Waals surface area contributed by atoms with Gasteiger partial charge >= 0.3 is 5.69 Å². The molecule has 8 nitrogen and oxygen atoms in total. The Hall–Kier alpha value is -3.76. The van der Waals surface area contributed by atoms with Crippen LogP contribution < -0.4 is 14.4 Å². The number of carbonyl (C=O) groups is 1. The first-order valence-electron chi connectivity index (χ1n) is 9.67. The smallest absolute Gasteiger partial charge is 0.331 e. The van der Waals surface area contributed by atoms with Crippen molar-refractivity contribution >= 4 is 51.7 Å². The number of carbonyl (C=O) groups excluding carboxylic acids is 1. The molecule has 0 aliphatic carbocycles. The minimum Gasteiger partial charge on any atom is -0.493 e. The molecule has 1 aliphatic heterocycles. The maximum absolute atomic E-state index is 13.0. The van der Waals surface area contributed by atoms with Gasteiger partial charge in [0.25, 0.3) is 11.8 Å². The Morgan fingerprint density at radius 3 is 2.70 bits per heavy atom. The van der Waals surface area contributed by atoms with E-state index in [9.17, 15) is 14.9 Å². The number of ether oxygens (including phenoxy) is 2. The van der Waals surface area contributed by atoms with Crippen LogP contribution >= 0.6 is 24.0 Å². The number of hydrogen-bond donors (Lipinski definition) is 0. The Morgan fingerprint density at radius 2 is 1.97 bits per heavy atom. The van der Waals surface area contributed by atoms with E-state index in [1.165, 1.54) is 42.1 Å². The monoisotopic (exact) mass is 479 g/mol. The van der Waals surface area contributed by atoms with Crippen LogP contribution in [0.15, 0.2) is 65.7 Å². The summed E-state index contributed by atoms with van der Waals surface area (Å²) in [5.74, 6) is 0.230. The molecule has 0 unspecified atom stereocenters. The Labute approximate surface area is 199 Å². The summed E-state index contributed by atoms with van der Waals surface area (Å²) in [4.78, 5) is 29.6. The summed E-state index contributed by atoms with van der Waals surface area (Å²) in [6.45, 7) is 1.95. The normalized spacial score (nSPS) is 14.6. The third-order valence-electron chi connectivity index (χ3n) is 4.69. The summed E-state index contributed by atoms with van der Waals surface area (Å²) < 4.78 is 11.5. The molecule has 0 saturated carbocycles. The van der Waals surface area contributed by atoms with Crippen LogP contribution in [0, 0.1) is 17.0 Å². The van der Waals surface area contributed by atoms with Gasteiger partial charge in [0, 0.05) is 12.3 Å². The number of thiocarbonyl (C=S) groups is 1. The lowest BCUT2D eigenvalue weighted by Crippen LogP contribution is -2.27. The Kier molecular flexibility index (Phi) is 6.38. The van der Waals surface area contributed by atoms with E-state index in [1.54, 1.807) is 24.3 Å². The second kappa shape index (κ2) is 9.39. The third kappa shape index (κ3) is 4.71. The molecule has 0 N–H and O–H groups in total. The van der Waals surface area contributed by atoms with Crippen LogP contribution in [0.2, 0.25) is 0 Å². The molecule has 1 fully saturated rings.